The number of methoxy groups -OCH3 is 1. The summed E-state index contributed by atoms with van der Waals surface area (Å²) >= 11 is 0. The molecule has 7 atom stereocenters. The maximum atomic E-state index is 14.9. The van der Waals surface area contributed by atoms with Gasteiger partial charge in [0.05, 0.1) is 24.6 Å². The maximum absolute atomic E-state index is 14.9. The summed E-state index contributed by atoms with van der Waals surface area (Å²) in [5, 5.41) is 7.31. The van der Waals surface area contributed by atoms with Crippen molar-refractivity contribution in [2.75, 3.05) is 13.7 Å². The Morgan fingerprint density at radius 3 is 2.55 bits per heavy atom. The number of ether oxygens (including phenoxy) is 3. The lowest BCUT2D eigenvalue weighted by molar-refractivity contribution is -0.142. The molecule has 1 aromatic heterocycles. The Balaban J connectivity index is 1.36. The van der Waals surface area contributed by atoms with Gasteiger partial charge < -0.3 is 29.7 Å². The van der Waals surface area contributed by atoms with Crippen molar-refractivity contribution in [3.8, 4) is 11.5 Å². The number of amides is 4. The van der Waals surface area contributed by atoms with Gasteiger partial charge in [-0.15, -0.1) is 0 Å². The highest BCUT2D eigenvalue weighted by atomic mass is 32.2. The van der Waals surface area contributed by atoms with Crippen molar-refractivity contribution in [3.63, 3.8) is 0 Å². The Labute approximate surface area is 323 Å². The zero-order valence-electron chi connectivity index (χ0n) is 32.8. The van der Waals surface area contributed by atoms with Crippen LogP contribution in [0.2, 0.25) is 0 Å². The lowest BCUT2D eigenvalue weighted by Gasteiger charge is -2.34. The molecule has 2 saturated carbocycles. The van der Waals surface area contributed by atoms with Crippen LogP contribution in [0, 0.1) is 17.8 Å². The minimum absolute atomic E-state index is 0.00277. The van der Waals surface area contributed by atoms with E-state index in [1.165, 1.54) is 4.90 Å². The number of aromatic nitrogens is 1. The van der Waals surface area contributed by atoms with Gasteiger partial charge in [0, 0.05) is 29.3 Å². The number of hydrogen-bond donors (Lipinski definition) is 3. The van der Waals surface area contributed by atoms with Crippen molar-refractivity contribution >= 4 is 44.6 Å². The predicted molar refractivity (Wildman–Crippen MR) is 206 cm³/mol. The Morgan fingerprint density at radius 1 is 1.13 bits per heavy atom. The normalized spacial score (nSPS) is 30.1. The first-order valence-electron chi connectivity index (χ1n) is 19.3. The molecule has 300 valence electrons. The fourth-order valence-electron chi connectivity index (χ4n) is 7.78. The second kappa shape index (κ2) is 15.3. The van der Waals surface area contributed by atoms with Gasteiger partial charge in [-0.2, -0.15) is 0 Å². The number of rotatable bonds is 8. The summed E-state index contributed by atoms with van der Waals surface area (Å²) in [5.74, 6) is -1.35. The molecule has 3 fully saturated rings. The molecule has 0 unspecified atom stereocenters. The first kappa shape index (κ1) is 40.3. The summed E-state index contributed by atoms with van der Waals surface area (Å²) in [6.07, 6.45) is 9.49. The summed E-state index contributed by atoms with van der Waals surface area (Å²) in [6, 6.07) is 3.34. The van der Waals surface area contributed by atoms with E-state index in [1.807, 2.05) is 31.2 Å². The topological polar surface area (TPSA) is 182 Å². The third kappa shape index (κ3) is 8.71. The number of carbonyl (C=O) groups excluding carboxylic acids is 4. The molecular weight excluding hydrogens is 727 g/mol. The van der Waals surface area contributed by atoms with Crippen molar-refractivity contribution in [2.24, 2.45) is 17.8 Å². The smallest absolute Gasteiger partial charge is 0.408 e. The van der Waals surface area contributed by atoms with E-state index in [2.05, 4.69) is 27.3 Å². The standard InChI is InChI=1S/C40H55N5O9S/c1-8-25-17-24(2)11-9-10-12-27-20-40(27,36(48)44-55(50,51)39(6)15-16-39)43-34(46)31-19-29(23-45(31)35(47)33(25)42-37(49)54-38(3,4)5)53-32-22-41-21-26-18-28(52-7)13-14-30(26)32/h10,12-14,18,21-22,24-25,27,29,31,33H,8-9,11,15-17,19-20,23H2,1-7H3,(H,42,49)(H,43,46)(H,44,48)/b12-10-/t24-,25-,27+,29-,31+,33+,40-/m1/s1. The third-order valence-electron chi connectivity index (χ3n) is 11.5. The summed E-state index contributed by atoms with van der Waals surface area (Å²) in [5.41, 5.74) is -2.34. The molecule has 0 spiro atoms. The van der Waals surface area contributed by atoms with Gasteiger partial charge in [-0.3, -0.25) is 24.1 Å². The molecule has 2 aromatic rings. The van der Waals surface area contributed by atoms with Gasteiger partial charge in [-0.1, -0.05) is 32.4 Å². The molecule has 4 amide bonds. The van der Waals surface area contributed by atoms with Crippen LogP contribution in [0.15, 0.2) is 42.7 Å². The van der Waals surface area contributed by atoms with Crippen LogP contribution in [0.4, 0.5) is 4.79 Å². The molecule has 6 rings (SSSR count). The van der Waals surface area contributed by atoms with E-state index < -0.39 is 73.8 Å². The first-order valence-corrected chi connectivity index (χ1v) is 20.8. The van der Waals surface area contributed by atoms with Gasteiger partial charge in [0.1, 0.15) is 40.8 Å². The predicted octanol–water partition coefficient (Wildman–Crippen LogP) is 4.76. The molecule has 1 aromatic carbocycles. The number of alkyl carbamates (subject to hydrolysis) is 1. The number of allylic oxidation sites excluding steroid dienone is 1. The summed E-state index contributed by atoms with van der Waals surface area (Å²) in [6.45, 7) is 10.9. The number of carbonyl (C=O) groups is 4. The molecule has 3 heterocycles. The second-order valence-electron chi connectivity index (χ2n) is 17.0. The minimum Gasteiger partial charge on any atom is -0.497 e. The van der Waals surface area contributed by atoms with E-state index >= 15 is 0 Å². The Hall–Kier alpha value is -4.40. The van der Waals surface area contributed by atoms with Gasteiger partial charge in [0.25, 0.3) is 5.91 Å². The highest BCUT2D eigenvalue weighted by Gasteiger charge is 2.63. The van der Waals surface area contributed by atoms with E-state index in [9.17, 15) is 27.6 Å². The lowest BCUT2D eigenvalue weighted by Crippen LogP contribution is -2.59. The minimum atomic E-state index is -4.00. The van der Waals surface area contributed by atoms with E-state index in [0.717, 1.165) is 17.2 Å². The number of sulfonamides is 1. The second-order valence-corrected chi connectivity index (χ2v) is 19.2. The van der Waals surface area contributed by atoms with Gasteiger partial charge in [0.15, 0.2) is 0 Å². The monoisotopic (exact) mass is 781 g/mol. The molecule has 14 nitrogen and oxygen atoms in total. The Bertz CT molecular complexity index is 1960. The fourth-order valence-corrected chi connectivity index (χ4v) is 9.09. The molecule has 2 aliphatic heterocycles. The van der Waals surface area contributed by atoms with Crippen molar-refractivity contribution in [1.82, 2.24) is 25.2 Å². The zero-order valence-corrected chi connectivity index (χ0v) is 33.7. The van der Waals surface area contributed by atoms with Crippen LogP contribution >= 0.6 is 0 Å². The molecule has 0 bridgehead atoms. The van der Waals surface area contributed by atoms with Gasteiger partial charge in [0.2, 0.25) is 21.8 Å². The number of nitrogens with one attached hydrogen (secondary N) is 3. The first-order chi connectivity index (χ1) is 25.9. The van der Waals surface area contributed by atoms with Crippen LogP contribution in [0.25, 0.3) is 10.8 Å². The molecular formula is C40H55N5O9S. The Kier molecular flexibility index (Phi) is 11.2. The molecule has 55 heavy (non-hydrogen) atoms. The van der Waals surface area contributed by atoms with E-state index in [4.69, 9.17) is 14.2 Å². The average molecular weight is 782 g/mol. The van der Waals surface area contributed by atoms with Gasteiger partial charge >= 0.3 is 6.09 Å². The molecule has 2 aliphatic carbocycles. The quantitative estimate of drug-likeness (QED) is 0.316. The molecule has 0 radical (unpaired) electrons. The summed E-state index contributed by atoms with van der Waals surface area (Å²) < 4.78 is 45.1. The van der Waals surface area contributed by atoms with Gasteiger partial charge in [-0.05, 0) is 96.3 Å². The molecule has 4 aliphatic rings. The summed E-state index contributed by atoms with van der Waals surface area (Å²) in [7, 11) is -2.42. The lowest BCUT2D eigenvalue weighted by atomic mass is 9.85. The number of pyridine rings is 1. The van der Waals surface area contributed by atoms with Crippen LogP contribution in [0.5, 0.6) is 11.5 Å². The number of nitrogens with zero attached hydrogens (tertiary/aromatic N) is 2. The van der Waals surface area contributed by atoms with E-state index in [0.29, 0.717) is 43.6 Å². The third-order valence-corrected chi connectivity index (χ3v) is 13.7. The summed E-state index contributed by atoms with van der Waals surface area (Å²) in [4.78, 5) is 62.4. The number of hydrogen-bond acceptors (Lipinski definition) is 10. The van der Waals surface area contributed by atoms with Crippen LogP contribution in [0.3, 0.4) is 0 Å². The SMILES string of the molecule is CC[C@@H]1C[C@H](C)CC/C=C\[C@H]2C[C@@]2(C(=O)NS(=O)(=O)C2(C)CC2)NC(=O)[C@@H]2C[C@@H](Oc3cncc4cc(OC)ccc34)CN2C(=O)[C@H]1NC(=O)OC(C)(C)C. The van der Waals surface area contributed by atoms with Crippen LogP contribution < -0.4 is 24.8 Å². The average Bonchev–Trinajstić information content (AvgIpc) is 4.00. The largest absolute Gasteiger partial charge is 0.497 e. The van der Waals surface area contributed by atoms with Crippen molar-refractivity contribution < 1.29 is 41.8 Å². The highest BCUT2D eigenvalue weighted by molar-refractivity contribution is 7.91. The van der Waals surface area contributed by atoms with Crippen molar-refractivity contribution in [1.29, 1.82) is 0 Å². The van der Waals surface area contributed by atoms with E-state index in [-0.39, 0.29) is 31.2 Å². The Morgan fingerprint density at radius 2 is 1.87 bits per heavy atom. The van der Waals surface area contributed by atoms with Gasteiger partial charge in [-0.25, -0.2) is 13.2 Å². The van der Waals surface area contributed by atoms with Crippen molar-refractivity contribution in [2.45, 2.75) is 127 Å². The van der Waals surface area contributed by atoms with Crippen LogP contribution in [-0.4, -0.2) is 89.8 Å². The molecule has 3 N–H and O–H groups in total. The highest BCUT2D eigenvalue weighted by Crippen LogP contribution is 2.47. The number of benzene rings is 1. The fraction of sp³-hybridized carbons (Fsp3) is 0.625. The molecule has 1 saturated heterocycles. The van der Waals surface area contributed by atoms with Crippen LogP contribution in [0.1, 0.15) is 92.9 Å². The zero-order chi connectivity index (χ0) is 39.9. The van der Waals surface area contributed by atoms with Crippen molar-refractivity contribution in [3.05, 3.63) is 42.7 Å². The number of fused-ring (bicyclic) bond motifs is 3. The maximum Gasteiger partial charge on any atom is 0.408 e. The molecule has 15 heteroatoms. The van der Waals surface area contributed by atoms with E-state index in [1.54, 1.807) is 53.3 Å². The van der Waals surface area contributed by atoms with Crippen LogP contribution in [-0.2, 0) is 29.1 Å².